The fourth-order valence-corrected chi connectivity index (χ4v) is 4.41. The highest BCUT2D eigenvalue weighted by molar-refractivity contribution is 7.89. The lowest BCUT2D eigenvalue weighted by atomic mass is 9.97. The molecule has 8 heteroatoms. The summed E-state index contributed by atoms with van der Waals surface area (Å²) < 4.78 is 26.5. The molecule has 2 amide bonds. The van der Waals surface area contributed by atoms with Gasteiger partial charge in [-0.05, 0) is 49.6 Å². The van der Waals surface area contributed by atoms with Crippen LogP contribution in [0.4, 0.5) is 0 Å². The SMILES string of the molecule is CCC(C)C(NC(=O)c1ccccc1)C(=O)NCc1ccc(S(=O)(=O)N(C)C(C)C)cc1. The van der Waals surface area contributed by atoms with Crippen molar-refractivity contribution in [2.45, 2.75) is 57.6 Å². The number of nitrogens with zero attached hydrogens (tertiary/aromatic N) is 1. The zero-order valence-corrected chi connectivity index (χ0v) is 20.1. The van der Waals surface area contributed by atoms with Gasteiger partial charge in [0.1, 0.15) is 6.04 Å². The van der Waals surface area contributed by atoms with Gasteiger partial charge in [0.15, 0.2) is 0 Å². The third-order valence-electron chi connectivity index (χ3n) is 5.61. The van der Waals surface area contributed by atoms with Gasteiger partial charge in [0.2, 0.25) is 15.9 Å². The lowest BCUT2D eigenvalue weighted by molar-refractivity contribution is -0.124. The number of amides is 2. The van der Waals surface area contributed by atoms with Crippen molar-refractivity contribution < 1.29 is 18.0 Å². The maximum atomic E-state index is 12.8. The van der Waals surface area contributed by atoms with Crippen LogP contribution in [-0.2, 0) is 21.4 Å². The Balaban J connectivity index is 2.05. The molecule has 2 rings (SSSR count). The molecule has 2 unspecified atom stereocenters. The van der Waals surface area contributed by atoms with Crippen molar-refractivity contribution in [1.29, 1.82) is 0 Å². The van der Waals surface area contributed by atoms with E-state index in [9.17, 15) is 18.0 Å². The number of carbonyl (C=O) groups is 2. The van der Waals surface area contributed by atoms with Gasteiger partial charge in [-0.25, -0.2) is 8.42 Å². The van der Waals surface area contributed by atoms with Crippen LogP contribution in [-0.4, -0.2) is 43.7 Å². The van der Waals surface area contributed by atoms with Crippen molar-refractivity contribution in [3.8, 4) is 0 Å². The summed E-state index contributed by atoms with van der Waals surface area (Å²) in [5.74, 6) is -0.628. The molecular formula is C24H33N3O4S. The molecule has 0 heterocycles. The lowest BCUT2D eigenvalue weighted by Gasteiger charge is -2.24. The van der Waals surface area contributed by atoms with E-state index < -0.39 is 16.1 Å². The van der Waals surface area contributed by atoms with Gasteiger partial charge in [0.25, 0.3) is 5.91 Å². The molecule has 0 aliphatic heterocycles. The number of hydrogen-bond acceptors (Lipinski definition) is 4. The Bertz CT molecular complexity index is 1010. The Labute approximate surface area is 191 Å². The smallest absolute Gasteiger partial charge is 0.251 e. The molecule has 0 saturated carbocycles. The Morgan fingerprint density at radius 1 is 0.969 bits per heavy atom. The number of nitrogens with one attached hydrogen (secondary N) is 2. The average molecular weight is 460 g/mol. The molecule has 2 atom stereocenters. The molecule has 2 N–H and O–H groups in total. The summed E-state index contributed by atoms with van der Waals surface area (Å²) in [6.07, 6.45) is 0.725. The Kier molecular flexibility index (Phi) is 8.98. The van der Waals surface area contributed by atoms with Gasteiger partial charge < -0.3 is 10.6 Å². The highest BCUT2D eigenvalue weighted by Crippen LogP contribution is 2.17. The maximum absolute atomic E-state index is 12.8. The van der Waals surface area contributed by atoms with E-state index in [4.69, 9.17) is 0 Å². The number of sulfonamides is 1. The minimum Gasteiger partial charge on any atom is -0.350 e. The molecule has 0 bridgehead atoms. The second-order valence-corrected chi connectivity index (χ2v) is 10.2. The summed E-state index contributed by atoms with van der Waals surface area (Å²) in [7, 11) is -2.01. The monoisotopic (exact) mass is 459 g/mol. The summed E-state index contributed by atoms with van der Waals surface area (Å²) in [4.78, 5) is 25.6. The standard InChI is InChI=1S/C24H33N3O4S/c1-6-18(4)22(26-23(28)20-10-8-7-9-11-20)24(29)25-16-19-12-14-21(15-13-19)32(30,31)27(5)17(2)3/h7-15,17-18,22H,6,16H2,1-5H3,(H,25,29)(H,26,28). The molecule has 0 spiro atoms. The quantitative estimate of drug-likeness (QED) is 0.570. The number of benzene rings is 2. The molecule has 0 aliphatic carbocycles. The molecule has 0 fully saturated rings. The van der Waals surface area contributed by atoms with Gasteiger partial charge in [-0.1, -0.05) is 50.6 Å². The average Bonchev–Trinajstić information content (AvgIpc) is 2.80. The Hall–Kier alpha value is -2.71. The van der Waals surface area contributed by atoms with Crippen molar-refractivity contribution in [3.63, 3.8) is 0 Å². The topological polar surface area (TPSA) is 95.6 Å². The van der Waals surface area contributed by atoms with Crippen LogP contribution < -0.4 is 10.6 Å². The van der Waals surface area contributed by atoms with Crippen molar-refractivity contribution >= 4 is 21.8 Å². The molecule has 0 aromatic heterocycles. The Morgan fingerprint density at radius 2 is 1.56 bits per heavy atom. The predicted molar refractivity (Wildman–Crippen MR) is 126 cm³/mol. The highest BCUT2D eigenvalue weighted by Gasteiger charge is 2.26. The summed E-state index contributed by atoms with van der Waals surface area (Å²) in [6.45, 7) is 7.73. The fraction of sp³-hybridized carbons (Fsp3) is 0.417. The second-order valence-electron chi connectivity index (χ2n) is 8.18. The zero-order chi connectivity index (χ0) is 23.9. The maximum Gasteiger partial charge on any atom is 0.251 e. The predicted octanol–water partition coefficient (Wildman–Crippen LogP) is 3.18. The van der Waals surface area contributed by atoms with Crippen molar-refractivity contribution in [1.82, 2.24) is 14.9 Å². The normalized spacial score (nSPS) is 13.6. The van der Waals surface area contributed by atoms with E-state index in [1.807, 2.05) is 33.8 Å². The number of rotatable bonds is 10. The molecule has 2 aromatic carbocycles. The van der Waals surface area contributed by atoms with Crippen LogP contribution in [0.3, 0.4) is 0 Å². The van der Waals surface area contributed by atoms with Gasteiger partial charge in [0, 0.05) is 25.2 Å². The molecule has 7 nitrogen and oxygen atoms in total. The van der Waals surface area contributed by atoms with Crippen LogP contribution >= 0.6 is 0 Å². The molecule has 174 valence electrons. The minimum atomic E-state index is -3.56. The summed E-state index contributed by atoms with van der Waals surface area (Å²) >= 11 is 0. The van der Waals surface area contributed by atoms with Gasteiger partial charge in [-0.2, -0.15) is 4.31 Å². The van der Waals surface area contributed by atoms with E-state index >= 15 is 0 Å². The van der Waals surface area contributed by atoms with E-state index in [0.29, 0.717) is 5.56 Å². The molecular weight excluding hydrogens is 426 g/mol. The second kappa shape index (κ2) is 11.2. The van der Waals surface area contributed by atoms with Gasteiger partial charge in [0.05, 0.1) is 4.90 Å². The summed E-state index contributed by atoms with van der Waals surface area (Å²) in [6, 6.07) is 14.4. The number of hydrogen-bond donors (Lipinski definition) is 2. The van der Waals surface area contributed by atoms with E-state index in [1.165, 1.54) is 4.31 Å². The van der Waals surface area contributed by atoms with Gasteiger partial charge in [-0.15, -0.1) is 0 Å². The summed E-state index contributed by atoms with van der Waals surface area (Å²) in [5, 5.41) is 5.69. The summed E-state index contributed by atoms with van der Waals surface area (Å²) in [5.41, 5.74) is 1.26. The largest absolute Gasteiger partial charge is 0.350 e. The van der Waals surface area contributed by atoms with Crippen molar-refractivity contribution in [2.75, 3.05) is 7.05 Å². The van der Waals surface area contributed by atoms with E-state index in [2.05, 4.69) is 10.6 Å². The first-order chi connectivity index (χ1) is 15.1. The highest BCUT2D eigenvalue weighted by atomic mass is 32.2. The molecule has 32 heavy (non-hydrogen) atoms. The van der Waals surface area contributed by atoms with Crippen molar-refractivity contribution in [3.05, 3.63) is 65.7 Å². The van der Waals surface area contributed by atoms with Crippen molar-refractivity contribution in [2.24, 2.45) is 5.92 Å². The van der Waals surface area contributed by atoms with E-state index in [-0.39, 0.29) is 35.2 Å². The number of carbonyl (C=O) groups excluding carboxylic acids is 2. The Morgan fingerprint density at radius 3 is 2.09 bits per heavy atom. The third-order valence-corrected chi connectivity index (χ3v) is 7.66. The van der Waals surface area contributed by atoms with E-state index in [1.54, 1.807) is 55.6 Å². The van der Waals surface area contributed by atoms with E-state index in [0.717, 1.165) is 12.0 Å². The van der Waals surface area contributed by atoms with Gasteiger partial charge in [-0.3, -0.25) is 9.59 Å². The van der Waals surface area contributed by atoms with Crippen LogP contribution in [0.5, 0.6) is 0 Å². The van der Waals surface area contributed by atoms with Crippen LogP contribution in [0, 0.1) is 5.92 Å². The van der Waals surface area contributed by atoms with Crippen LogP contribution in [0.2, 0.25) is 0 Å². The lowest BCUT2D eigenvalue weighted by Crippen LogP contribution is -2.50. The fourth-order valence-electron chi connectivity index (χ4n) is 3.04. The van der Waals surface area contributed by atoms with Crippen LogP contribution in [0.1, 0.15) is 50.0 Å². The molecule has 0 radical (unpaired) electrons. The molecule has 2 aromatic rings. The zero-order valence-electron chi connectivity index (χ0n) is 19.3. The first kappa shape index (κ1) is 25.5. The molecule has 0 saturated heterocycles. The molecule has 0 aliphatic rings. The first-order valence-corrected chi connectivity index (χ1v) is 12.2. The van der Waals surface area contributed by atoms with Crippen LogP contribution in [0.15, 0.2) is 59.5 Å². The van der Waals surface area contributed by atoms with Crippen LogP contribution in [0.25, 0.3) is 0 Å². The first-order valence-electron chi connectivity index (χ1n) is 10.8. The van der Waals surface area contributed by atoms with Gasteiger partial charge >= 0.3 is 0 Å². The minimum absolute atomic E-state index is 0.0539. The third kappa shape index (κ3) is 6.40.